The molecule has 1 aliphatic rings. The number of carbonyl (C=O) groups excluding carboxylic acids is 2. The van der Waals surface area contributed by atoms with Gasteiger partial charge >= 0.3 is 6.09 Å². The maximum atomic E-state index is 13.4. The van der Waals surface area contributed by atoms with Gasteiger partial charge < -0.3 is 19.7 Å². The smallest absolute Gasteiger partial charge is 0.410 e. The first kappa shape index (κ1) is 19.0. The van der Waals surface area contributed by atoms with Crippen LogP contribution in [0, 0.1) is 5.82 Å². The number of hydrogen-bond donors (Lipinski definition) is 1. The zero-order chi connectivity index (χ0) is 18.6. The maximum absolute atomic E-state index is 13.4. The van der Waals surface area contributed by atoms with Crippen molar-refractivity contribution < 1.29 is 23.5 Å². The summed E-state index contributed by atoms with van der Waals surface area (Å²) >= 11 is 0. The fraction of sp³-hybridized carbons (Fsp3) is 0.556. The number of carbonyl (C=O) groups is 2. The Morgan fingerprint density at radius 1 is 1.24 bits per heavy atom. The van der Waals surface area contributed by atoms with Crippen molar-refractivity contribution >= 4 is 12.0 Å². The van der Waals surface area contributed by atoms with E-state index in [-0.39, 0.29) is 23.6 Å². The van der Waals surface area contributed by atoms with Crippen LogP contribution in [0.4, 0.5) is 9.18 Å². The van der Waals surface area contributed by atoms with Crippen molar-refractivity contribution in [3.8, 4) is 5.75 Å². The number of ether oxygens (including phenoxy) is 2. The van der Waals surface area contributed by atoms with Crippen LogP contribution in [0.15, 0.2) is 18.2 Å². The standard InChI is InChI=1S/C18H25FN2O4/c1-18(2,3)25-17(23)21-9-7-13(8-10-21)20-16(22)14-11-12(19)5-6-15(14)24-4/h5-6,11,13H,7-10H2,1-4H3,(H,20,22). The van der Waals surface area contributed by atoms with Crippen LogP contribution in [-0.4, -0.2) is 48.7 Å². The minimum atomic E-state index is -0.532. The maximum Gasteiger partial charge on any atom is 0.410 e. The van der Waals surface area contributed by atoms with E-state index >= 15 is 0 Å². The molecule has 1 aliphatic heterocycles. The first-order valence-electron chi connectivity index (χ1n) is 8.32. The van der Waals surface area contributed by atoms with Gasteiger partial charge in [0.1, 0.15) is 17.2 Å². The van der Waals surface area contributed by atoms with Gasteiger partial charge in [-0.15, -0.1) is 0 Å². The SMILES string of the molecule is COc1ccc(F)cc1C(=O)NC1CCN(C(=O)OC(C)(C)C)CC1. The molecule has 0 spiro atoms. The summed E-state index contributed by atoms with van der Waals surface area (Å²) in [5, 5.41) is 2.88. The molecule has 1 N–H and O–H groups in total. The van der Waals surface area contributed by atoms with E-state index in [1.807, 2.05) is 20.8 Å². The van der Waals surface area contributed by atoms with E-state index in [0.29, 0.717) is 31.7 Å². The number of nitrogens with one attached hydrogen (secondary N) is 1. The summed E-state index contributed by atoms with van der Waals surface area (Å²) in [6.45, 7) is 6.47. The highest BCUT2D eigenvalue weighted by Gasteiger charge is 2.28. The van der Waals surface area contributed by atoms with Gasteiger partial charge in [0, 0.05) is 19.1 Å². The number of halogens is 1. The van der Waals surface area contributed by atoms with Crippen molar-refractivity contribution in [2.75, 3.05) is 20.2 Å². The second-order valence-corrected chi connectivity index (χ2v) is 7.06. The normalized spacial score (nSPS) is 15.6. The molecule has 0 aromatic heterocycles. The Kier molecular flexibility index (Phi) is 5.87. The van der Waals surface area contributed by atoms with Crippen molar-refractivity contribution in [1.82, 2.24) is 10.2 Å². The second-order valence-electron chi connectivity index (χ2n) is 7.06. The van der Waals surface area contributed by atoms with E-state index < -0.39 is 11.4 Å². The predicted molar refractivity (Wildman–Crippen MR) is 91.2 cm³/mol. The molecule has 0 saturated carbocycles. The van der Waals surface area contributed by atoms with Crippen LogP contribution < -0.4 is 10.1 Å². The Bertz CT molecular complexity index is 634. The lowest BCUT2D eigenvalue weighted by Gasteiger charge is -2.33. The summed E-state index contributed by atoms with van der Waals surface area (Å²) in [4.78, 5) is 26.1. The molecule has 1 fully saturated rings. The molecule has 7 heteroatoms. The number of hydrogen-bond acceptors (Lipinski definition) is 4. The first-order valence-corrected chi connectivity index (χ1v) is 8.32. The zero-order valence-electron chi connectivity index (χ0n) is 15.1. The van der Waals surface area contributed by atoms with Crippen LogP contribution in [0.25, 0.3) is 0 Å². The Balaban J connectivity index is 1.91. The average molecular weight is 352 g/mol. The van der Waals surface area contributed by atoms with E-state index in [0.717, 1.165) is 6.07 Å². The lowest BCUT2D eigenvalue weighted by atomic mass is 10.0. The van der Waals surface area contributed by atoms with Gasteiger partial charge in [0.25, 0.3) is 5.91 Å². The number of nitrogens with zero attached hydrogens (tertiary/aromatic N) is 1. The van der Waals surface area contributed by atoms with Crippen LogP contribution in [-0.2, 0) is 4.74 Å². The topological polar surface area (TPSA) is 67.9 Å². The molecule has 25 heavy (non-hydrogen) atoms. The van der Waals surface area contributed by atoms with E-state index in [2.05, 4.69) is 5.32 Å². The molecule has 0 aliphatic carbocycles. The van der Waals surface area contributed by atoms with Crippen molar-refractivity contribution in [3.05, 3.63) is 29.6 Å². The van der Waals surface area contributed by atoms with Gasteiger partial charge in [-0.05, 0) is 51.8 Å². The molecule has 0 unspecified atom stereocenters. The summed E-state index contributed by atoms with van der Waals surface area (Å²) < 4.78 is 23.9. The highest BCUT2D eigenvalue weighted by Crippen LogP contribution is 2.21. The molecule has 1 heterocycles. The molecule has 1 aromatic rings. The number of rotatable bonds is 3. The third-order valence-electron chi connectivity index (χ3n) is 3.89. The molecule has 0 radical (unpaired) electrons. The van der Waals surface area contributed by atoms with Gasteiger partial charge in [0.15, 0.2) is 0 Å². The van der Waals surface area contributed by atoms with Crippen molar-refractivity contribution in [2.45, 2.75) is 45.3 Å². The number of piperidine rings is 1. The third kappa shape index (κ3) is 5.34. The minimum absolute atomic E-state index is 0.0841. The highest BCUT2D eigenvalue weighted by molar-refractivity contribution is 5.97. The Hall–Kier alpha value is -2.31. The summed E-state index contributed by atoms with van der Waals surface area (Å²) in [5.41, 5.74) is -0.368. The molecule has 0 atom stereocenters. The quantitative estimate of drug-likeness (QED) is 0.908. The number of benzene rings is 1. The van der Waals surface area contributed by atoms with Gasteiger partial charge in [-0.2, -0.15) is 0 Å². The van der Waals surface area contributed by atoms with Gasteiger partial charge in [0.2, 0.25) is 0 Å². The molecule has 0 bridgehead atoms. The molecule has 2 rings (SSSR count). The van der Waals surface area contributed by atoms with Crippen LogP contribution in [0.1, 0.15) is 44.0 Å². The van der Waals surface area contributed by atoms with Crippen molar-refractivity contribution in [3.63, 3.8) is 0 Å². The van der Waals surface area contributed by atoms with Gasteiger partial charge in [-0.1, -0.05) is 0 Å². The van der Waals surface area contributed by atoms with Crippen molar-refractivity contribution in [1.29, 1.82) is 0 Å². The number of likely N-dealkylation sites (tertiary alicyclic amines) is 1. The van der Waals surface area contributed by atoms with E-state index in [1.165, 1.54) is 19.2 Å². The number of amides is 2. The largest absolute Gasteiger partial charge is 0.496 e. The monoisotopic (exact) mass is 352 g/mol. The Morgan fingerprint density at radius 3 is 2.44 bits per heavy atom. The summed E-state index contributed by atoms with van der Waals surface area (Å²) in [7, 11) is 1.43. The fourth-order valence-electron chi connectivity index (χ4n) is 2.65. The van der Waals surface area contributed by atoms with E-state index in [1.54, 1.807) is 4.90 Å². The summed E-state index contributed by atoms with van der Waals surface area (Å²) in [6.07, 6.45) is 0.884. The third-order valence-corrected chi connectivity index (χ3v) is 3.89. The average Bonchev–Trinajstić information content (AvgIpc) is 2.53. The predicted octanol–water partition coefficient (Wildman–Crippen LogP) is 2.96. The van der Waals surface area contributed by atoms with Gasteiger partial charge in [0.05, 0.1) is 12.7 Å². The first-order chi connectivity index (χ1) is 11.7. The van der Waals surface area contributed by atoms with Gasteiger partial charge in [-0.25, -0.2) is 9.18 Å². The lowest BCUT2D eigenvalue weighted by molar-refractivity contribution is 0.0199. The van der Waals surface area contributed by atoms with Crippen LogP contribution >= 0.6 is 0 Å². The van der Waals surface area contributed by atoms with Crippen molar-refractivity contribution in [2.24, 2.45) is 0 Å². The van der Waals surface area contributed by atoms with Crippen LogP contribution in [0.5, 0.6) is 5.75 Å². The summed E-state index contributed by atoms with van der Waals surface area (Å²) in [5.74, 6) is -0.553. The molecular formula is C18H25FN2O4. The second kappa shape index (κ2) is 7.72. The number of methoxy groups -OCH3 is 1. The Morgan fingerprint density at radius 2 is 1.88 bits per heavy atom. The summed E-state index contributed by atoms with van der Waals surface area (Å²) in [6, 6.07) is 3.74. The molecule has 138 valence electrons. The minimum Gasteiger partial charge on any atom is -0.496 e. The molecule has 1 aromatic carbocycles. The lowest BCUT2D eigenvalue weighted by Crippen LogP contribution is -2.47. The highest BCUT2D eigenvalue weighted by atomic mass is 19.1. The molecule has 1 saturated heterocycles. The zero-order valence-corrected chi connectivity index (χ0v) is 15.1. The van der Waals surface area contributed by atoms with Gasteiger partial charge in [-0.3, -0.25) is 4.79 Å². The van der Waals surface area contributed by atoms with E-state index in [4.69, 9.17) is 9.47 Å². The molecule has 6 nitrogen and oxygen atoms in total. The Labute approximate surface area is 147 Å². The van der Waals surface area contributed by atoms with Crippen LogP contribution in [0.3, 0.4) is 0 Å². The molecular weight excluding hydrogens is 327 g/mol. The van der Waals surface area contributed by atoms with E-state index in [9.17, 15) is 14.0 Å². The molecule has 2 amide bonds. The fourth-order valence-corrected chi connectivity index (χ4v) is 2.65. The van der Waals surface area contributed by atoms with Crippen LogP contribution in [0.2, 0.25) is 0 Å².